The number of nitrogens with one attached hydrogen (secondary N) is 3. The van der Waals surface area contributed by atoms with Gasteiger partial charge >= 0.3 is 6.03 Å². The molecule has 1 fully saturated rings. The van der Waals surface area contributed by atoms with Gasteiger partial charge in [0, 0.05) is 36.7 Å². The molecule has 0 radical (unpaired) electrons. The van der Waals surface area contributed by atoms with Gasteiger partial charge in [0.05, 0.1) is 5.56 Å². The van der Waals surface area contributed by atoms with E-state index in [4.69, 9.17) is 0 Å². The fourth-order valence-electron chi connectivity index (χ4n) is 3.88. The molecule has 1 saturated heterocycles. The Labute approximate surface area is 191 Å². The lowest BCUT2D eigenvalue weighted by Gasteiger charge is -2.33. The Hall–Kier alpha value is -3.02. The van der Waals surface area contributed by atoms with E-state index in [1.807, 2.05) is 44.2 Å². The Kier molecular flexibility index (Phi) is 7.78. The zero-order valence-corrected chi connectivity index (χ0v) is 19.9. The second-order valence-corrected chi connectivity index (χ2v) is 9.33. The van der Waals surface area contributed by atoms with Crippen LogP contribution in [0.15, 0.2) is 36.4 Å². The standard InChI is InChI=1S/C26H36N4O2/c1-17(2)16-27-25(31)22-15-21(9-10-24(22)30-13-11-18(3)12-14-30)28-26(32)29-23-8-6-7-19(4)20(23)5/h6-10,15,17-18H,11-14,16H2,1-5H3,(H,27,31)(H2,28,29,32). The van der Waals surface area contributed by atoms with Crippen LogP contribution in [-0.4, -0.2) is 31.6 Å². The maximum Gasteiger partial charge on any atom is 0.323 e. The average Bonchev–Trinajstić information content (AvgIpc) is 2.76. The summed E-state index contributed by atoms with van der Waals surface area (Å²) in [7, 11) is 0. The Balaban J connectivity index is 1.80. The van der Waals surface area contributed by atoms with E-state index in [2.05, 4.69) is 41.6 Å². The number of hydrogen-bond donors (Lipinski definition) is 3. The first-order valence-corrected chi connectivity index (χ1v) is 11.6. The molecule has 2 aromatic carbocycles. The summed E-state index contributed by atoms with van der Waals surface area (Å²) in [5, 5.41) is 8.82. The maximum absolute atomic E-state index is 13.0. The zero-order valence-electron chi connectivity index (χ0n) is 19.9. The van der Waals surface area contributed by atoms with E-state index >= 15 is 0 Å². The van der Waals surface area contributed by atoms with Crippen molar-refractivity contribution in [2.45, 2.75) is 47.5 Å². The van der Waals surface area contributed by atoms with Crippen molar-refractivity contribution in [1.29, 1.82) is 0 Å². The third kappa shape index (κ3) is 6.02. The van der Waals surface area contributed by atoms with Gasteiger partial charge in [0.15, 0.2) is 0 Å². The second-order valence-electron chi connectivity index (χ2n) is 9.33. The predicted octanol–water partition coefficient (Wildman–Crippen LogP) is 5.57. The van der Waals surface area contributed by atoms with Crippen molar-refractivity contribution in [3.8, 4) is 0 Å². The van der Waals surface area contributed by atoms with Gasteiger partial charge in [0.25, 0.3) is 5.91 Å². The van der Waals surface area contributed by atoms with E-state index in [0.717, 1.165) is 48.4 Å². The maximum atomic E-state index is 13.0. The van der Waals surface area contributed by atoms with Crippen LogP contribution in [0.25, 0.3) is 0 Å². The SMILES string of the molecule is Cc1cccc(NC(=O)Nc2ccc(N3CCC(C)CC3)c(C(=O)NCC(C)C)c2)c1C. The van der Waals surface area contributed by atoms with Crippen LogP contribution in [-0.2, 0) is 0 Å². The van der Waals surface area contributed by atoms with E-state index in [1.165, 1.54) is 0 Å². The number of aryl methyl sites for hydroxylation is 1. The summed E-state index contributed by atoms with van der Waals surface area (Å²) >= 11 is 0. The first kappa shape index (κ1) is 23.6. The molecule has 3 amide bonds. The van der Waals surface area contributed by atoms with E-state index in [1.54, 1.807) is 6.07 Å². The zero-order chi connectivity index (χ0) is 23.3. The predicted molar refractivity (Wildman–Crippen MR) is 133 cm³/mol. The minimum Gasteiger partial charge on any atom is -0.371 e. The molecule has 2 aromatic rings. The van der Waals surface area contributed by atoms with Crippen LogP contribution in [0, 0.1) is 25.7 Å². The van der Waals surface area contributed by atoms with Crippen molar-refractivity contribution in [2.24, 2.45) is 11.8 Å². The molecule has 0 aromatic heterocycles. The molecule has 6 heteroatoms. The van der Waals surface area contributed by atoms with Crippen molar-refractivity contribution < 1.29 is 9.59 Å². The van der Waals surface area contributed by atoms with Gasteiger partial charge in [-0.05, 0) is 73.9 Å². The van der Waals surface area contributed by atoms with Crippen molar-refractivity contribution in [1.82, 2.24) is 5.32 Å². The lowest BCUT2D eigenvalue weighted by Crippen LogP contribution is -2.35. The van der Waals surface area contributed by atoms with Gasteiger partial charge in [-0.1, -0.05) is 32.9 Å². The molecular weight excluding hydrogens is 400 g/mol. The number of hydrogen-bond acceptors (Lipinski definition) is 3. The van der Waals surface area contributed by atoms with Crippen LogP contribution in [0.2, 0.25) is 0 Å². The fourth-order valence-corrected chi connectivity index (χ4v) is 3.88. The molecule has 1 aliphatic rings. The Morgan fingerprint density at radius 3 is 2.47 bits per heavy atom. The first-order valence-electron chi connectivity index (χ1n) is 11.6. The molecule has 1 heterocycles. The molecule has 172 valence electrons. The van der Waals surface area contributed by atoms with Gasteiger partial charge in [-0.25, -0.2) is 4.79 Å². The summed E-state index contributed by atoms with van der Waals surface area (Å²) in [6.45, 7) is 12.9. The van der Waals surface area contributed by atoms with Crippen LogP contribution in [0.4, 0.5) is 21.9 Å². The molecule has 32 heavy (non-hydrogen) atoms. The van der Waals surface area contributed by atoms with Crippen molar-refractivity contribution >= 4 is 29.0 Å². The summed E-state index contributed by atoms with van der Waals surface area (Å²) < 4.78 is 0. The number of urea groups is 1. The minimum absolute atomic E-state index is 0.106. The smallest absolute Gasteiger partial charge is 0.323 e. The first-order chi connectivity index (χ1) is 15.2. The number of carbonyl (C=O) groups is 2. The Morgan fingerprint density at radius 1 is 1.06 bits per heavy atom. The second kappa shape index (κ2) is 10.5. The van der Waals surface area contributed by atoms with Crippen molar-refractivity contribution in [2.75, 3.05) is 35.2 Å². The van der Waals surface area contributed by atoms with Crippen molar-refractivity contribution in [3.05, 3.63) is 53.1 Å². The fraction of sp³-hybridized carbons (Fsp3) is 0.462. The number of benzene rings is 2. The molecule has 0 atom stereocenters. The van der Waals surface area contributed by atoms with Crippen molar-refractivity contribution in [3.63, 3.8) is 0 Å². The summed E-state index contributed by atoms with van der Waals surface area (Å²) in [5.74, 6) is 0.966. The Morgan fingerprint density at radius 2 is 1.78 bits per heavy atom. The van der Waals surface area contributed by atoms with E-state index in [9.17, 15) is 9.59 Å². The summed E-state index contributed by atoms with van der Waals surface area (Å²) in [5.41, 5.74) is 5.05. The molecule has 3 rings (SSSR count). The number of carbonyl (C=O) groups excluding carboxylic acids is 2. The van der Waals surface area contributed by atoms with Crippen LogP contribution >= 0.6 is 0 Å². The van der Waals surface area contributed by atoms with Crippen LogP contribution < -0.4 is 20.9 Å². The lowest BCUT2D eigenvalue weighted by molar-refractivity contribution is 0.0949. The van der Waals surface area contributed by atoms with Gasteiger partial charge in [-0.3, -0.25) is 4.79 Å². The molecule has 1 aliphatic heterocycles. The average molecular weight is 437 g/mol. The number of anilines is 3. The highest BCUT2D eigenvalue weighted by Crippen LogP contribution is 2.29. The molecule has 0 spiro atoms. The van der Waals surface area contributed by atoms with Crippen LogP contribution in [0.3, 0.4) is 0 Å². The molecule has 0 bridgehead atoms. The van der Waals surface area contributed by atoms with E-state index in [-0.39, 0.29) is 11.9 Å². The highest BCUT2D eigenvalue weighted by atomic mass is 16.2. The quantitative estimate of drug-likeness (QED) is 0.554. The Bertz CT molecular complexity index is 962. The highest BCUT2D eigenvalue weighted by Gasteiger charge is 2.22. The minimum atomic E-state index is -0.327. The van der Waals surface area contributed by atoms with Gasteiger partial charge in [0.2, 0.25) is 0 Å². The largest absolute Gasteiger partial charge is 0.371 e. The molecule has 0 unspecified atom stereocenters. The summed E-state index contributed by atoms with van der Waals surface area (Å²) in [4.78, 5) is 27.9. The third-order valence-electron chi connectivity index (χ3n) is 6.15. The van der Waals surface area contributed by atoms with Gasteiger partial charge < -0.3 is 20.9 Å². The summed E-state index contributed by atoms with van der Waals surface area (Å²) in [6, 6.07) is 11.1. The number of amides is 3. The summed E-state index contributed by atoms with van der Waals surface area (Å²) in [6.07, 6.45) is 2.23. The molecular formula is C26H36N4O2. The van der Waals surface area contributed by atoms with Gasteiger partial charge in [-0.2, -0.15) is 0 Å². The number of piperidine rings is 1. The van der Waals surface area contributed by atoms with E-state index < -0.39 is 0 Å². The van der Waals surface area contributed by atoms with Crippen LogP contribution in [0.5, 0.6) is 0 Å². The molecule has 3 N–H and O–H groups in total. The van der Waals surface area contributed by atoms with E-state index in [0.29, 0.717) is 29.6 Å². The van der Waals surface area contributed by atoms with Gasteiger partial charge in [0.1, 0.15) is 0 Å². The monoisotopic (exact) mass is 436 g/mol. The molecule has 6 nitrogen and oxygen atoms in total. The number of rotatable bonds is 6. The molecule has 0 saturated carbocycles. The lowest BCUT2D eigenvalue weighted by atomic mass is 9.97. The topological polar surface area (TPSA) is 73.5 Å². The molecule has 0 aliphatic carbocycles. The third-order valence-corrected chi connectivity index (χ3v) is 6.15. The highest BCUT2D eigenvalue weighted by molar-refractivity contribution is 6.04. The number of nitrogens with zero attached hydrogens (tertiary/aromatic N) is 1. The van der Waals surface area contributed by atoms with Gasteiger partial charge in [-0.15, -0.1) is 0 Å². The normalized spacial score (nSPS) is 14.4. The van der Waals surface area contributed by atoms with Crippen LogP contribution in [0.1, 0.15) is 55.1 Å².